The van der Waals surface area contributed by atoms with Crippen LogP contribution in [0.25, 0.3) is 0 Å². The second kappa shape index (κ2) is 9.37. The van der Waals surface area contributed by atoms with E-state index >= 15 is 0 Å². The third-order valence-corrected chi connectivity index (χ3v) is 6.31. The second-order valence-corrected chi connectivity index (χ2v) is 8.73. The van der Waals surface area contributed by atoms with Crippen molar-refractivity contribution in [2.45, 2.75) is 58.7 Å². The van der Waals surface area contributed by atoms with Gasteiger partial charge in [0.1, 0.15) is 16.8 Å². The maximum Gasteiger partial charge on any atom is 0.189 e. The monoisotopic (exact) mass is 421 g/mol. The van der Waals surface area contributed by atoms with Gasteiger partial charge in [0.2, 0.25) is 0 Å². The number of pyridine rings is 1. The molecule has 0 radical (unpaired) electrons. The fourth-order valence-corrected chi connectivity index (χ4v) is 4.54. The van der Waals surface area contributed by atoms with Gasteiger partial charge in [0.05, 0.1) is 23.6 Å². The number of nitrogens with one attached hydrogen (secondary N) is 1. The van der Waals surface area contributed by atoms with Gasteiger partial charge in [0.25, 0.3) is 0 Å². The number of hydrogen-bond acceptors (Lipinski definition) is 7. The molecule has 4 rings (SSSR count). The lowest BCUT2D eigenvalue weighted by Gasteiger charge is -2.24. The summed E-state index contributed by atoms with van der Waals surface area (Å²) in [5.41, 5.74) is 3.50. The summed E-state index contributed by atoms with van der Waals surface area (Å²) in [6.45, 7) is 7.27. The van der Waals surface area contributed by atoms with E-state index in [1.54, 1.807) is 6.20 Å². The van der Waals surface area contributed by atoms with Crippen molar-refractivity contribution in [3.05, 3.63) is 52.4 Å². The summed E-state index contributed by atoms with van der Waals surface area (Å²) in [6, 6.07) is 8.50. The van der Waals surface area contributed by atoms with Gasteiger partial charge in [-0.1, -0.05) is 30.7 Å². The van der Waals surface area contributed by atoms with E-state index in [1.165, 1.54) is 29.7 Å². The summed E-state index contributed by atoms with van der Waals surface area (Å²) < 4.78 is 2.09. The van der Waals surface area contributed by atoms with Crippen molar-refractivity contribution in [3.63, 3.8) is 0 Å². The molecule has 0 saturated carbocycles. The second-order valence-electron chi connectivity index (χ2n) is 7.70. The van der Waals surface area contributed by atoms with Gasteiger partial charge < -0.3 is 5.32 Å². The van der Waals surface area contributed by atoms with E-state index in [4.69, 9.17) is 15.3 Å². The molecular weight excluding hydrogens is 394 g/mol. The van der Waals surface area contributed by atoms with Crippen LogP contribution < -0.4 is 5.32 Å². The van der Waals surface area contributed by atoms with Gasteiger partial charge in [0.15, 0.2) is 5.13 Å². The molecule has 0 bridgehead atoms. The van der Waals surface area contributed by atoms with Gasteiger partial charge in [-0.05, 0) is 44.9 Å². The maximum absolute atomic E-state index is 8.98. The Morgan fingerprint density at radius 2 is 2.27 bits per heavy atom. The Morgan fingerprint density at radius 1 is 1.37 bits per heavy atom. The van der Waals surface area contributed by atoms with Crippen molar-refractivity contribution >= 4 is 22.3 Å². The van der Waals surface area contributed by atoms with Crippen LogP contribution >= 0.6 is 11.3 Å². The first-order valence-electron chi connectivity index (χ1n) is 10.5. The molecule has 0 aliphatic carbocycles. The Kier molecular flexibility index (Phi) is 6.41. The van der Waals surface area contributed by atoms with Crippen molar-refractivity contribution in [1.82, 2.24) is 24.6 Å². The topological polar surface area (TPSA) is 82.7 Å². The number of hydrogen-bond donors (Lipinski definition) is 1. The number of aromatic nitrogens is 4. The standard InChI is InChI=1S/C22H27N7S/c1-3-4-11-29-15-17(16(2)27-29)14-28-10-6-8-20(28)19-7-5-9-21(25-19)26-22-24-13-18(12-23)30-22/h5,7,9,13,15,20H,3-4,6,8,10-11,14H2,1-2H3,(H,24,25,26)/t20-/m1/s1. The number of aryl methyl sites for hydroxylation is 2. The molecule has 0 spiro atoms. The van der Waals surface area contributed by atoms with Crippen molar-refractivity contribution in [1.29, 1.82) is 5.26 Å². The predicted octanol–water partition coefficient (Wildman–Crippen LogP) is 4.80. The Bertz CT molecular complexity index is 1030. The summed E-state index contributed by atoms with van der Waals surface area (Å²) in [5, 5.41) is 17.6. The van der Waals surface area contributed by atoms with E-state index in [-0.39, 0.29) is 0 Å². The SMILES string of the molecule is CCCCn1cc(CN2CCC[C@@H]2c2cccc(Nc3ncc(C#N)s3)n2)c(C)n1. The first-order valence-corrected chi connectivity index (χ1v) is 11.3. The lowest BCUT2D eigenvalue weighted by atomic mass is 10.1. The molecular formula is C22H27N7S. The Labute approximate surface area is 181 Å². The molecule has 30 heavy (non-hydrogen) atoms. The lowest BCUT2D eigenvalue weighted by molar-refractivity contribution is 0.244. The number of thiazole rings is 1. The molecule has 4 heterocycles. The molecule has 156 valence electrons. The van der Waals surface area contributed by atoms with Gasteiger partial charge in [0, 0.05) is 24.8 Å². The van der Waals surface area contributed by atoms with E-state index in [9.17, 15) is 0 Å². The van der Waals surface area contributed by atoms with Crippen LogP contribution in [0, 0.1) is 18.3 Å². The van der Waals surface area contributed by atoms with Gasteiger partial charge in [-0.2, -0.15) is 10.4 Å². The smallest absolute Gasteiger partial charge is 0.189 e. The molecule has 1 fully saturated rings. The fraction of sp³-hybridized carbons (Fsp3) is 0.455. The highest BCUT2D eigenvalue weighted by atomic mass is 32.1. The minimum Gasteiger partial charge on any atom is -0.316 e. The van der Waals surface area contributed by atoms with Crippen LogP contribution in [0.15, 0.2) is 30.6 Å². The largest absolute Gasteiger partial charge is 0.316 e. The molecule has 1 saturated heterocycles. The van der Waals surface area contributed by atoms with Gasteiger partial charge >= 0.3 is 0 Å². The highest BCUT2D eigenvalue weighted by Crippen LogP contribution is 2.33. The molecule has 3 aromatic rings. The van der Waals surface area contributed by atoms with Crippen LogP contribution in [-0.4, -0.2) is 31.2 Å². The average molecular weight is 422 g/mol. The summed E-state index contributed by atoms with van der Waals surface area (Å²) in [6.07, 6.45) is 8.41. The molecule has 1 N–H and O–H groups in total. The summed E-state index contributed by atoms with van der Waals surface area (Å²) >= 11 is 1.33. The normalized spacial score (nSPS) is 16.6. The minimum atomic E-state index is 0.302. The number of unbranched alkanes of at least 4 members (excludes halogenated alkanes) is 1. The number of nitrogens with zero attached hydrogens (tertiary/aromatic N) is 6. The number of nitriles is 1. The minimum absolute atomic E-state index is 0.302. The lowest BCUT2D eigenvalue weighted by Crippen LogP contribution is -2.23. The zero-order valence-corrected chi connectivity index (χ0v) is 18.3. The third kappa shape index (κ3) is 4.69. The highest BCUT2D eigenvalue weighted by molar-refractivity contribution is 7.16. The average Bonchev–Trinajstić information content (AvgIpc) is 3.48. The highest BCUT2D eigenvalue weighted by Gasteiger charge is 2.28. The molecule has 0 aromatic carbocycles. The van der Waals surface area contributed by atoms with Crippen LogP contribution in [0.4, 0.5) is 10.9 Å². The van der Waals surface area contributed by atoms with E-state index in [0.29, 0.717) is 16.1 Å². The van der Waals surface area contributed by atoms with Crippen LogP contribution in [-0.2, 0) is 13.1 Å². The predicted molar refractivity (Wildman–Crippen MR) is 119 cm³/mol. The zero-order valence-electron chi connectivity index (χ0n) is 17.5. The Balaban J connectivity index is 1.47. The maximum atomic E-state index is 8.98. The number of rotatable bonds is 8. The first kappa shape index (κ1) is 20.5. The van der Waals surface area contributed by atoms with Gasteiger partial charge in [-0.25, -0.2) is 9.97 Å². The van der Waals surface area contributed by atoms with Gasteiger partial charge in [-0.15, -0.1) is 0 Å². The molecule has 0 amide bonds. The summed E-state index contributed by atoms with van der Waals surface area (Å²) in [5.74, 6) is 0.766. The number of likely N-dealkylation sites (tertiary alicyclic amines) is 1. The van der Waals surface area contributed by atoms with E-state index in [2.05, 4.69) is 52.1 Å². The molecule has 8 heteroatoms. The first-order chi connectivity index (χ1) is 14.7. The van der Waals surface area contributed by atoms with E-state index < -0.39 is 0 Å². The molecule has 0 unspecified atom stereocenters. The van der Waals surface area contributed by atoms with Crippen LogP contribution in [0.3, 0.4) is 0 Å². The Hall–Kier alpha value is -2.76. The quantitative estimate of drug-likeness (QED) is 0.563. The molecule has 1 aliphatic rings. The van der Waals surface area contributed by atoms with Crippen molar-refractivity contribution in [2.24, 2.45) is 0 Å². The zero-order chi connectivity index (χ0) is 20.9. The van der Waals surface area contributed by atoms with Crippen LogP contribution in [0.1, 0.15) is 60.5 Å². The van der Waals surface area contributed by atoms with Crippen molar-refractivity contribution < 1.29 is 0 Å². The number of anilines is 2. The Morgan fingerprint density at radius 3 is 3.07 bits per heavy atom. The van der Waals surface area contributed by atoms with Crippen LogP contribution in [0.5, 0.6) is 0 Å². The van der Waals surface area contributed by atoms with E-state index in [1.807, 2.05) is 12.1 Å². The third-order valence-electron chi connectivity index (χ3n) is 5.49. The van der Waals surface area contributed by atoms with E-state index in [0.717, 1.165) is 49.7 Å². The molecule has 3 aromatic heterocycles. The van der Waals surface area contributed by atoms with Crippen molar-refractivity contribution in [2.75, 3.05) is 11.9 Å². The van der Waals surface area contributed by atoms with Crippen LogP contribution in [0.2, 0.25) is 0 Å². The van der Waals surface area contributed by atoms with Crippen molar-refractivity contribution in [3.8, 4) is 6.07 Å². The van der Waals surface area contributed by atoms with Gasteiger partial charge in [-0.3, -0.25) is 9.58 Å². The summed E-state index contributed by atoms with van der Waals surface area (Å²) in [7, 11) is 0. The fourth-order valence-electron chi connectivity index (χ4n) is 3.92. The molecule has 7 nitrogen and oxygen atoms in total. The molecule has 1 atom stereocenters. The summed E-state index contributed by atoms with van der Waals surface area (Å²) in [4.78, 5) is 12.2. The molecule has 1 aliphatic heterocycles.